The minimum atomic E-state index is -4.44. The van der Waals surface area contributed by atoms with Gasteiger partial charge in [-0.15, -0.1) is 0 Å². The van der Waals surface area contributed by atoms with Gasteiger partial charge < -0.3 is 9.72 Å². The van der Waals surface area contributed by atoms with Crippen LogP contribution in [0.5, 0.6) is 5.75 Å². The lowest BCUT2D eigenvalue weighted by molar-refractivity contribution is -0.138. The number of hydrogen-bond acceptors (Lipinski definition) is 2. The summed E-state index contributed by atoms with van der Waals surface area (Å²) >= 11 is 6.27. The van der Waals surface area contributed by atoms with Crippen molar-refractivity contribution in [3.63, 3.8) is 0 Å². The molecule has 32 heavy (non-hydrogen) atoms. The van der Waals surface area contributed by atoms with Crippen LogP contribution in [-0.4, -0.2) is 9.97 Å². The van der Waals surface area contributed by atoms with Gasteiger partial charge >= 0.3 is 6.18 Å². The summed E-state index contributed by atoms with van der Waals surface area (Å²) < 4.78 is 45.4. The van der Waals surface area contributed by atoms with E-state index in [0.717, 1.165) is 17.1 Å². The number of imidazole rings is 1. The lowest BCUT2D eigenvalue weighted by Gasteiger charge is -2.18. The van der Waals surface area contributed by atoms with E-state index in [1.54, 1.807) is 24.3 Å². The van der Waals surface area contributed by atoms with Crippen molar-refractivity contribution in [1.82, 2.24) is 9.97 Å². The van der Waals surface area contributed by atoms with Gasteiger partial charge in [-0.25, -0.2) is 4.98 Å². The van der Waals surface area contributed by atoms with Crippen molar-refractivity contribution in [2.24, 2.45) is 0 Å². The van der Waals surface area contributed by atoms with E-state index in [1.165, 1.54) is 17.7 Å². The molecule has 4 aromatic rings. The Bertz CT molecular complexity index is 1270. The van der Waals surface area contributed by atoms with Crippen molar-refractivity contribution in [3.8, 4) is 17.1 Å². The first-order valence-electron chi connectivity index (χ1n) is 10.1. The number of H-pyrrole nitrogens is 1. The predicted molar refractivity (Wildman–Crippen MR) is 121 cm³/mol. The van der Waals surface area contributed by atoms with E-state index in [1.807, 2.05) is 6.07 Å². The first-order valence-corrected chi connectivity index (χ1v) is 10.5. The van der Waals surface area contributed by atoms with Crippen LogP contribution in [0.25, 0.3) is 22.4 Å². The van der Waals surface area contributed by atoms with Gasteiger partial charge in [-0.3, -0.25) is 0 Å². The van der Waals surface area contributed by atoms with Crippen molar-refractivity contribution >= 4 is 22.6 Å². The third-order valence-electron chi connectivity index (χ3n) is 5.21. The Hall–Kier alpha value is -2.99. The zero-order chi connectivity index (χ0) is 23.1. The quantitative estimate of drug-likeness (QED) is 0.339. The smallest absolute Gasteiger partial charge is 0.416 e. The first-order chi connectivity index (χ1) is 15.0. The number of aromatic amines is 1. The van der Waals surface area contributed by atoms with Crippen molar-refractivity contribution in [2.45, 2.75) is 39.0 Å². The standard InChI is InChI=1S/C25H22ClF3N2O/c1-24(2,3)17-8-9-21-22(12-17)31-23(30-21)16-10-18(26)13-19(11-16)32-14-15-6-4-5-7-20(15)25(27,28)29/h4-13H,14H2,1-3H3,(H,30,31). The fraction of sp³-hybridized carbons (Fsp3) is 0.240. The highest BCUT2D eigenvalue weighted by molar-refractivity contribution is 6.31. The highest BCUT2D eigenvalue weighted by atomic mass is 35.5. The molecule has 1 heterocycles. The summed E-state index contributed by atoms with van der Waals surface area (Å²) in [7, 11) is 0. The molecule has 0 saturated heterocycles. The van der Waals surface area contributed by atoms with Crippen LogP contribution in [0.2, 0.25) is 5.02 Å². The molecule has 166 valence electrons. The summed E-state index contributed by atoms with van der Waals surface area (Å²) in [5.74, 6) is 0.967. The summed E-state index contributed by atoms with van der Waals surface area (Å²) in [6, 6.07) is 16.5. The molecule has 0 amide bonds. The Morgan fingerprint density at radius 2 is 1.72 bits per heavy atom. The zero-order valence-corrected chi connectivity index (χ0v) is 18.6. The molecule has 0 aliphatic carbocycles. The van der Waals surface area contributed by atoms with Crippen LogP contribution in [0.4, 0.5) is 13.2 Å². The summed E-state index contributed by atoms with van der Waals surface area (Å²) in [6.45, 7) is 6.19. The number of rotatable bonds is 4. The van der Waals surface area contributed by atoms with Crippen LogP contribution in [0.1, 0.15) is 37.5 Å². The Labute approximate surface area is 189 Å². The monoisotopic (exact) mass is 458 g/mol. The lowest BCUT2D eigenvalue weighted by atomic mass is 9.87. The molecule has 0 atom stereocenters. The summed E-state index contributed by atoms with van der Waals surface area (Å²) in [5, 5.41) is 0.400. The molecule has 1 aromatic heterocycles. The fourth-order valence-electron chi connectivity index (χ4n) is 3.48. The second kappa shape index (κ2) is 8.17. The number of alkyl halides is 3. The Kier molecular flexibility index (Phi) is 5.67. The largest absolute Gasteiger partial charge is 0.489 e. The summed E-state index contributed by atoms with van der Waals surface area (Å²) in [4.78, 5) is 7.94. The molecule has 0 bridgehead atoms. The number of halogens is 4. The zero-order valence-electron chi connectivity index (χ0n) is 17.8. The second-order valence-corrected chi connectivity index (χ2v) is 9.12. The van der Waals surface area contributed by atoms with Gasteiger partial charge in [-0.05, 0) is 47.4 Å². The number of nitrogens with zero attached hydrogens (tertiary/aromatic N) is 1. The molecule has 1 N–H and O–H groups in total. The van der Waals surface area contributed by atoms with Crippen LogP contribution in [0.3, 0.4) is 0 Å². The van der Waals surface area contributed by atoms with Gasteiger partial charge in [-0.2, -0.15) is 13.2 Å². The fourth-order valence-corrected chi connectivity index (χ4v) is 3.70. The number of aromatic nitrogens is 2. The van der Waals surface area contributed by atoms with E-state index in [4.69, 9.17) is 16.3 Å². The van der Waals surface area contributed by atoms with Crippen LogP contribution in [0.15, 0.2) is 60.7 Å². The van der Waals surface area contributed by atoms with Crippen LogP contribution in [0, 0.1) is 0 Å². The average Bonchev–Trinajstić information content (AvgIpc) is 3.14. The Morgan fingerprint density at radius 1 is 0.969 bits per heavy atom. The summed E-state index contributed by atoms with van der Waals surface area (Å²) in [5.41, 5.74) is 2.92. The number of ether oxygens (including phenoxy) is 1. The van der Waals surface area contributed by atoms with Crippen molar-refractivity contribution < 1.29 is 17.9 Å². The molecule has 0 unspecified atom stereocenters. The average molecular weight is 459 g/mol. The molecule has 3 aromatic carbocycles. The van der Waals surface area contributed by atoms with Gasteiger partial charge in [-0.1, -0.05) is 56.6 Å². The lowest BCUT2D eigenvalue weighted by Crippen LogP contribution is -2.10. The van der Waals surface area contributed by atoms with Crippen molar-refractivity contribution in [2.75, 3.05) is 0 Å². The van der Waals surface area contributed by atoms with Gasteiger partial charge in [0.05, 0.1) is 16.6 Å². The third kappa shape index (κ3) is 4.75. The number of benzene rings is 3. The second-order valence-electron chi connectivity index (χ2n) is 8.69. The van der Waals surface area contributed by atoms with Crippen molar-refractivity contribution in [1.29, 1.82) is 0 Å². The molecule has 4 rings (SSSR count). The summed E-state index contributed by atoms with van der Waals surface area (Å²) in [6.07, 6.45) is -4.44. The van der Waals surface area contributed by atoms with Crippen LogP contribution >= 0.6 is 11.6 Å². The molecule has 0 aliphatic rings. The van der Waals surface area contributed by atoms with Crippen molar-refractivity contribution in [3.05, 3.63) is 82.4 Å². The number of fused-ring (bicyclic) bond motifs is 1. The molecule has 7 heteroatoms. The highest BCUT2D eigenvalue weighted by Gasteiger charge is 2.33. The maximum absolute atomic E-state index is 13.2. The van der Waals surface area contributed by atoms with Gasteiger partial charge in [0.15, 0.2) is 0 Å². The number of hydrogen-bond donors (Lipinski definition) is 1. The normalized spacial score (nSPS) is 12.3. The van der Waals surface area contributed by atoms with Crippen LogP contribution < -0.4 is 4.74 Å². The molecule has 0 spiro atoms. The molecular formula is C25H22ClF3N2O. The molecule has 0 saturated carbocycles. The van der Waals surface area contributed by atoms with E-state index >= 15 is 0 Å². The van der Waals surface area contributed by atoms with Gasteiger partial charge in [0.1, 0.15) is 18.2 Å². The predicted octanol–water partition coefficient (Wildman–Crippen LogP) is 7.78. The topological polar surface area (TPSA) is 37.9 Å². The van der Waals surface area contributed by atoms with E-state index in [-0.39, 0.29) is 17.6 Å². The van der Waals surface area contributed by atoms with E-state index in [2.05, 4.69) is 42.9 Å². The maximum atomic E-state index is 13.2. The molecular weight excluding hydrogens is 437 g/mol. The van der Waals surface area contributed by atoms with E-state index in [0.29, 0.717) is 22.2 Å². The Balaban J connectivity index is 1.63. The first kappa shape index (κ1) is 22.2. The minimum absolute atomic E-state index is 0.00321. The highest BCUT2D eigenvalue weighted by Crippen LogP contribution is 2.34. The van der Waals surface area contributed by atoms with Gasteiger partial charge in [0.2, 0.25) is 0 Å². The third-order valence-corrected chi connectivity index (χ3v) is 5.43. The number of nitrogens with one attached hydrogen (secondary N) is 1. The maximum Gasteiger partial charge on any atom is 0.416 e. The molecule has 3 nitrogen and oxygen atoms in total. The van der Waals surface area contributed by atoms with Gasteiger partial charge in [0.25, 0.3) is 0 Å². The Morgan fingerprint density at radius 3 is 2.44 bits per heavy atom. The van der Waals surface area contributed by atoms with Gasteiger partial charge in [0, 0.05) is 16.1 Å². The minimum Gasteiger partial charge on any atom is -0.489 e. The molecule has 0 fully saturated rings. The van der Waals surface area contributed by atoms with E-state index in [9.17, 15) is 13.2 Å². The molecule has 0 aliphatic heterocycles. The molecule has 0 radical (unpaired) electrons. The van der Waals surface area contributed by atoms with Crippen LogP contribution in [-0.2, 0) is 18.2 Å². The SMILES string of the molecule is CC(C)(C)c1ccc2nc(-c3cc(Cl)cc(OCc4ccccc4C(F)(F)F)c3)[nH]c2c1. The van der Waals surface area contributed by atoms with E-state index < -0.39 is 11.7 Å².